The molecule has 0 heterocycles. The first-order chi connectivity index (χ1) is 9.63. The minimum absolute atomic E-state index is 0.206. The van der Waals surface area contributed by atoms with Crippen molar-refractivity contribution >= 4 is 5.69 Å². The van der Waals surface area contributed by atoms with Gasteiger partial charge in [0, 0.05) is 11.3 Å². The second kappa shape index (κ2) is 6.47. The maximum absolute atomic E-state index is 5.49. The van der Waals surface area contributed by atoms with E-state index < -0.39 is 0 Å². The molecule has 20 heavy (non-hydrogen) atoms. The van der Waals surface area contributed by atoms with E-state index in [1.165, 1.54) is 16.7 Å². The number of benzene rings is 2. The van der Waals surface area contributed by atoms with Crippen LogP contribution in [0.1, 0.15) is 36.6 Å². The van der Waals surface area contributed by atoms with Gasteiger partial charge in [0.15, 0.2) is 0 Å². The fourth-order valence-corrected chi connectivity index (χ4v) is 2.38. The smallest absolute Gasteiger partial charge is 0.124 e. The quantitative estimate of drug-likeness (QED) is 0.846. The number of nitrogens with one attached hydrogen (secondary N) is 1. The Labute approximate surface area is 121 Å². The van der Waals surface area contributed by atoms with Crippen molar-refractivity contribution in [2.24, 2.45) is 0 Å². The zero-order chi connectivity index (χ0) is 14.5. The van der Waals surface area contributed by atoms with Gasteiger partial charge in [-0.2, -0.15) is 0 Å². The van der Waals surface area contributed by atoms with E-state index in [1.807, 2.05) is 0 Å². The van der Waals surface area contributed by atoms with E-state index in [0.717, 1.165) is 17.9 Å². The molecule has 2 aromatic rings. The lowest BCUT2D eigenvalue weighted by molar-refractivity contribution is 0.407. The summed E-state index contributed by atoms with van der Waals surface area (Å²) in [5, 5.41) is 3.55. The minimum atomic E-state index is 0.206. The molecule has 1 atom stereocenters. The third-order valence-electron chi connectivity index (χ3n) is 3.57. The topological polar surface area (TPSA) is 21.3 Å². The number of hydrogen-bond donors (Lipinski definition) is 1. The predicted molar refractivity (Wildman–Crippen MR) is 85.6 cm³/mol. The van der Waals surface area contributed by atoms with Crippen molar-refractivity contribution in [3.05, 3.63) is 59.2 Å². The minimum Gasteiger partial charge on any atom is -0.496 e. The van der Waals surface area contributed by atoms with Crippen LogP contribution in [0.2, 0.25) is 0 Å². The Morgan fingerprint density at radius 3 is 2.65 bits per heavy atom. The summed E-state index contributed by atoms with van der Waals surface area (Å²) in [6.45, 7) is 6.41. The summed E-state index contributed by atoms with van der Waals surface area (Å²) in [5.41, 5.74) is 4.89. The van der Waals surface area contributed by atoms with Gasteiger partial charge in [-0.25, -0.2) is 0 Å². The van der Waals surface area contributed by atoms with Gasteiger partial charge in [0.25, 0.3) is 0 Å². The molecule has 0 saturated carbocycles. The summed E-state index contributed by atoms with van der Waals surface area (Å²) in [7, 11) is 1.72. The number of methoxy groups -OCH3 is 1. The van der Waals surface area contributed by atoms with E-state index in [9.17, 15) is 0 Å². The van der Waals surface area contributed by atoms with Crippen LogP contribution in [-0.4, -0.2) is 7.11 Å². The van der Waals surface area contributed by atoms with Crippen molar-refractivity contribution in [2.75, 3.05) is 12.4 Å². The summed E-state index contributed by atoms with van der Waals surface area (Å²) in [6.07, 6.45) is 1.05. The molecule has 0 radical (unpaired) electrons. The van der Waals surface area contributed by atoms with Crippen LogP contribution in [0.15, 0.2) is 42.5 Å². The van der Waals surface area contributed by atoms with Crippen molar-refractivity contribution in [2.45, 2.75) is 33.2 Å². The third-order valence-corrected chi connectivity index (χ3v) is 3.57. The van der Waals surface area contributed by atoms with Crippen LogP contribution in [0.25, 0.3) is 0 Å². The highest BCUT2D eigenvalue weighted by Crippen LogP contribution is 2.28. The summed E-state index contributed by atoms with van der Waals surface area (Å²) in [4.78, 5) is 0. The molecule has 2 heteroatoms. The molecule has 106 valence electrons. The van der Waals surface area contributed by atoms with Gasteiger partial charge in [0.1, 0.15) is 5.75 Å². The first-order valence-corrected chi connectivity index (χ1v) is 7.14. The van der Waals surface area contributed by atoms with Crippen molar-refractivity contribution in [1.82, 2.24) is 0 Å². The number of rotatable bonds is 5. The molecule has 0 spiro atoms. The second-order valence-corrected chi connectivity index (χ2v) is 5.17. The molecule has 0 fully saturated rings. The highest BCUT2D eigenvalue weighted by molar-refractivity contribution is 5.50. The van der Waals surface area contributed by atoms with Crippen molar-refractivity contribution in [3.63, 3.8) is 0 Å². The molecule has 0 aliphatic heterocycles. The van der Waals surface area contributed by atoms with Crippen molar-refractivity contribution < 1.29 is 4.74 Å². The molecule has 2 rings (SSSR count). The predicted octanol–water partition coefficient (Wildman–Crippen LogP) is 4.74. The molecule has 2 aromatic carbocycles. The standard InChI is InChI=1S/C18H23NO/c1-5-15-7-6-8-16(12-15)19-14(3)17-10-9-13(2)11-18(17)20-4/h6-12,14,19H,5H2,1-4H3. The lowest BCUT2D eigenvalue weighted by Gasteiger charge is -2.19. The maximum atomic E-state index is 5.49. The van der Waals surface area contributed by atoms with Crippen LogP contribution in [0.4, 0.5) is 5.69 Å². The van der Waals surface area contributed by atoms with Crippen LogP contribution in [-0.2, 0) is 6.42 Å². The molecule has 0 aromatic heterocycles. The Morgan fingerprint density at radius 2 is 1.95 bits per heavy atom. The van der Waals surface area contributed by atoms with E-state index in [1.54, 1.807) is 7.11 Å². The molecule has 1 N–H and O–H groups in total. The van der Waals surface area contributed by atoms with Crippen molar-refractivity contribution in [1.29, 1.82) is 0 Å². The fraction of sp³-hybridized carbons (Fsp3) is 0.333. The average Bonchev–Trinajstić information content (AvgIpc) is 2.47. The van der Waals surface area contributed by atoms with Crippen LogP contribution >= 0.6 is 0 Å². The second-order valence-electron chi connectivity index (χ2n) is 5.17. The zero-order valence-electron chi connectivity index (χ0n) is 12.7. The summed E-state index contributed by atoms with van der Waals surface area (Å²) < 4.78 is 5.49. The van der Waals surface area contributed by atoms with Gasteiger partial charge in [-0.15, -0.1) is 0 Å². The maximum Gasteiger partial charge on any atom is 0.124 e. The first-order valence-electron chi connectivity index (χ1n) is 7.14. The van der Waals surface area contributed by atoms with Gasteiger partial charge < -0.3 is 10.1 Å². The van der Waals surface area contributed by atoms with E-state index in [2.05, 4.69) is 68.6 Å². The van der Waals surface area contributed by atoms with E-state index in [4.69, 9.17) is 4.74 Å². The summed E-state index contributed by atoms with van der Waals surface area (Å²) in [6, 6.07) is 15.1. The molecule has 0 amide bonds. The fourth-order valence-electron chi connectivity index (χ4n) is 2.38. The molecule has 0 saturated heterocycles. The van der Waals surface area contributed by atoms with E-state index >= 15 is 0 Å². The molecular weight excluding hydrogens is 246 g/mol. The lowest BCUT2D eigenvalue weighted by Crippen LogP contribution is -2.08. The zero-order valence-corrected chi connectivity index (χ0v) is 12.7. The Kier molecular flexibility index (Phi) is 4.67. The number of hydrogen-bond acceptors (Lipinski definition) is 2. The highest BCUT2D eigenvalue weighted by Gasteiger charge is 2.11. The molecule has 0 aliphatic rings. The Bertz CT molecular complexity index is 577. The van der Waals surface area contributed by atoms with Gasteiger partial charge in [-0.3, -0.25) is 0 Å². The molecular formula is C18H23NO. The number of anilines is 1. The van der Waals surface area contributed by atoms with Crippen LogP contribution in [0, 0.1) is 6.92 Å². The number of aryl methyl sites for hydroxylation is 2. The highest BCUT2D eigenvalue weighted by atomic mass is 16.5. The van der Waals surface area contributed by atoms with Crippen LogP contribution in [0.3, 0.4) is 0 Å². The normalized spacial score (nSPS) is 12.0. The Balaban J connectivity index is 2.21. The van der Waals surface area contributed by atoms with Gasteiger partial charge in [0.2, 0.25) is 0 Å². The largest absolute Gasteiger partial charge is 0.496 e. The van der Waals surface area contributed by atoms with Crippen molar-refractivity contribution in [3.8, 4) is 5.75 Å². The summed E-state index contributed by atoms with van der Waals surface area (Å²) in [5.74, 6) is 0.941. The molecule has 0 aliphatic carbocycles. The van der Waals surface area contributed by atoms with Crippen LogP contribution in [0.5, 0.6) is 5.75 Å². The molecule has 2 nitrogen and oxygen atoms in total. The number of ether oxygens (including phenoxy) is 1. The van der Waals surface area contributed by atoms with Gasteiger partial charge in [0.05, 0.1) is 13.2 Å². The molecule has 1 unspecified atom stereocenters. The Hall–Kier alpha value is -1.96. The SMILES string of the molecule is CCc1cccc(NC(C)c2ccc(C)cc2OC)c1. The average molecular weight is 269 g/mol. The lowest BCUT2D eigenvalue weighted by atomic mass is 10.0. The summed E-state index contributed by atoms with van der Waals surface area (Å²) >= 11 is 0. The monoisotopic (exact) mass is 269 g/mol. The van der Waals surface area contributed by atoms with Crippen LogP contribution < -0.4 is 10.1 Å². The van der Waals surface area contributed by atoms with E-state index in [0.29, 0.717) is 0 Å². The third kappa shape index (κ3) is 3.32. The van der Waals surface area contributed by atoms with Gasteiger partial charge in [-0.1, -0.05) is 31.2 Å². The Morgan fingerprint density at radius 1 is 1.15 bits per heavy atom. The first kappa shape index (κ1) is 14.4. The van der Waals surface area contributed by atoms with Gasteiger partial charge >= 0.3 is 0 Å². The van der Waals surface area contributed by atoms with E-state index in [-0.39, 0.29) is 6.04 Å². The molecule has 0 bridgehead atoms. The van der Waals surface area contributed by atoms with Gasteiger partial charge in [-0.05, 0) is 49.6 Å².